The van der Waals surface area contributed by atoms with Gasteiger partial charge in [0.1, 0.15) is 5.75 Å². The molecule has 3 heterocycles. The molecular weight excluding hydrogens is 364 g/mol. The monoisotopic (exact) mass is 390 g/mol. The molecule has 6 nitrogen and oxygen atoms in total. The number of fused-ring (bicyclic) bond motifs is 1. The SMILES string of the molecule is COc1cccc(Nc2c(C(=O)N3CCCC[C@H]3C)cnc3nc(C)ccc23)c1. The van der Waals surface area contributed by atoms with Crippen LogP contribution in [0, 0.1) is 6.92 Å². The average Bonchev–Trinajstić information content (AvgIpc) is 2.74. The number of carbonyl (C=O) groups excluding carboxylic acids is 1. The number of rotatable bonds is 4. The Morgan fingerprint density at radius 3 is 2.90 bits per heavy atom. The molecule has 0 spiro atoms. The van der Waals surface area contributed by atoms with Gasteiger partial charge in [-0.25, -0.2) is 9.97 Å². The third-order valence-electron chi connectivity index (χ3n) is 5.50. The van der Waals surface area contributed by atoms with Gasteiger partial charge in [-0.3, -0.25) is 4.79 Å². The van der Waals surface area contributed by atoms with E-state index in [0.29, 0.717) is 11.2 Å². The van der Waals surface area contributed by atoms with E-state index in [0.717, 1.165) is 47.6 Å². The number of pyridine rings is 2. The minimum atomic E-state index is 0.0116. The Morgan fingerprint density at radius 1 is 1.24 bits per heavy atom. The molecule has 150 valence electrons. The van der Waals surface area contributed by atoms with E-state index in [1.807, 2.05) is 48.2 Å². The van der Waals surface area contributed by atoms with Gasteiger partial charge in [-0.2, -0.15) is 0 Å². The van der Waals surface area contributed by atoms with Crippen LogP contribution in [0.3, 0.4) is 0 Å². The lowest BCUT2D eigenvalue weighted by molar-refractivity contribution is 0.0636. The van der Waals surface area contributed by atoms with Crippen LogP contribution in [0.2, 0.25) is 0 Å². The Kier molecular flexibility index (Phi) is 5.34. The quantitative estimate of drug-likeness (QED) is 0.699. The van der Waals surface area contributed by atoms with Crippen molar-refractivity contribution in [3.63, 3.8) is 0 Å². The molecule has 1 aliphatic rings. The molecule has 1 amide bonds. The molecule has 1 atom stereocenters. The second-order valence-electron chi connectivity index (χ2n) is 7.57. The number of ether oxygens (including phenoxy) is 1. The first-order chi connectivity index (χ1) is 14.1. The van der Waals surface area contributed by atoms with Crippen molar-refractivity contribution in [2.75, 3.05) is 19.0 Å². The van der Waals surface area contributed by atoms with Crippen LogP contribution in [-0.4, -0.2) is 40.5 Å². The molecule has 0 radical (unpaired) electrons. The zero-order chi connectivity index (χ0) is 20.4. The standard InChI is InChI=1S/C23H26N4O2/c1-15-10-11-19-21(26-17-8-6-9-18(13-17)29-3)20(14-24-22(19)25-15)23(28)27-12-5-4-7-16(27)2/h6,8-11,13-14,16H,4-5,7,12H2,1-3H3,(H,24,25,26)/t16-/m1/s1. The minimum absolute atomic E-state index is 0.0116. The van der Waals surface area contributed by atoms with Gasteiger partial charge in [-0.05, 0) is 57.4 Å². The molecule has 1 saturated heterocycles. The summed E-state index contributed by atoms with van der Waals surface area (Å²) in [4.78, 5) is 24.5. The van der Waals surface area contributed by atoms with Crippen molar-refractivity contribution in [1.29, 1.82) is 0 Å². The van der Waals surface area contributed by atoms with Gasteiger partial charge in [-0.15, -0.1) is 0 Å². The number of likely N-dealkylation sites (tertiary alicyclic amines) is 1. The summed E-state index contributed by atoms with van der Waals surface area (Å²) < 4.78 is 5.34. The molecule has 1 N–H and O–H groups in total. The zero-order valence-electron chi connectivity index (χ0n) is 17.1. The van der Waals surface area contributed by atoms with Crippen LogP contribution >= 0.6 is 0 Å². The highest BCUT2D eigenvalue weighted by atomic mass is 16.5. The Hall–Kier alpha value is -3.15. The molecule has 4 rings (SSSR count). The predicted octanol–water partition coefficient (Wildman–Crippen LogP) is 4.71. The van der Waals surface area contributed by atoms with Crippen molar-refractivity contribution in [2.24, 2.45) is 0 Å². The molecule has 6 heteroatoms. The fourth-order valence-corrected chi connectivity index (χ4v) is 3.87. The molecule has 29 heavy (non-hydrogen) atoms. The van der Waals surface area contributed by atoms with Gasteiger partial charge >= 0.3 is 0 Å². The van der Waals surface area contributed by atoms with Gasteiger partial charge in [-0.1, -0.05) is 6.07 Å². The van der Waals surface area contributed by atoms with E-state index in [2.05, 4.69) is 22.2 Å². The molecular formula is C23H26N4O2. The first kappa shape index (κ1) is 19.2. The molecule has 0 unspecified atom stereocenters. The number of carbonyl (C=O) groups is 1. The number of nitrogens with zero attached hydrogens (tertiary/aromatic N) is 3. The van der Waals surface area contributed by atoms with E-state index in [9.17, 15) is 4.79 Å². The third kappa shape index (κ3) is 3.88. The number of amides is 1. The number of anilines is 2. The summed E-state index contributed by atoms with van der Waals surface area (Å²) in [5.41, 5.74) is 3.66. The van der Waals surface area contributed by atoms with Crippen molar-refractivity contribution < 1.29 is 9.53 Å². The van der Waals surface area contributed by atoms with Gasteiger partial charge in [0, 0.05) is 41.6 Å². The van der Waals surface area contributed by atoms with Gasteiger partial charge in [0.2, 0.25) is 0 Å². The smallest absolute Gasteiger partial charge is 0.257 e. The molecule has 0 bridgehead atoms. The van der Waals surface area contributed by atoms with Crippen molar-refractivity contribution in [1.82, 2.24) is 14.9 Å². The number of aromatic nitrogens is 2. The number of aryl methyl sites for hydroxylation is 1. The molecule has 1 aliphatic heterocycles. The average molecular weight is 390 g/mol. The Balaban J connectivity index is 1.81. The maximum atomic E-state index is 13.5. The lowest BCUT2D eigenvalue weighted by Gasteiger charge is -2.34. The minimum Gasteiger partial charge on any atom is -0.497 e. The number of nitrogens with one attached hydrogen (secondary N) is 1. The lowest BCUT2D eigenvalue weighted by atomic mass is 10.0. The molecule has 0 aliphatic carbocycles. The maximum absolute atomic E-state index is 13.5. The van der Waals surface area contributed by atoms with Crippen LogP contribution in [0.25, 0.3) is 11.0 Å². The molecule has 3 aromatic rings. The highest BCUT2D eigenvalue weighted by Crippen LogP contribution is 2.32. The summed E-state index contributed by atoms with van der Waals surface area (Å²) in [6.45, 7) is 4.83. The van der Waals surface area contributed by atoms with Crippen LogP contribution < -0.4 is 10.1 Å². The van der Waals surface area contributed by atoms with Crippen molar-refractivity contribution in [3.05, 3.63) is 53.9 Å². The first-order valence-electron chi connectivity index (χ1n) is 10.0. The lowest BCUT2D eigenvalue weighted by Crippen LogP contribution is -2.42. The van der Waals surface area contributed by atoms with Crippen molar-refractivity contribution in [2.45, 2.75) is 39.2 Å². The van der Waals surface area contributed by atoms with Crippen LogP contribution in [-0.2, 0) is 0 Å². The predicted molar refractivity (Wildman–Crippen MR) is 115 cm³/mol. The van der Waals surface area contributed by atoms with Gasteiger partial charge in [0.15, 0.2) is 5.65 Å². The maximum Gasteiger partial charge on any atom is 0.257 e. The van der Waals surface area contributed by atoms with Crippen molar-refractivity contribution >= 4 is 28.3 Å². The van der Waals surface area contributed by atoms with Crippen LogP contribution in [0.4, 0.5) is 11.4 Å². The van der Waals surface area contributed by atoms with E-state index >= 15 is 0 Å². The summed E-state index contributed by atoms with van der Waals surface area (Å²) >= 11 is 0. The van der Waals surface area contributed by atoms with Crippen LogP contribution in [0.5, 0.6) is 5.75 Å². The summed E-state index contributed by atoms with van der Waals surface area (Å²) in [7, 11) is 1.64. The van der Waals surface area contributed by atoms with Gasteiger partial charge in [0.25, 0.3) is 5.91 Å². The number of piperidine rings is 1. The normalized spacial score (nSPS) is 16.7. The van der Waals surface area contributed by atoms with Crippen LogP contribution in [0.1, 0.15) is 42.2 Å². The highest BCUT2D eigenvalue weighted by molar-refractivity contribution is 6.07. The Labute approximate surface area is 170 Å². The van der Waals surface area contributed by atoms with Crippen LogP contribution in [0.15, 0.2) is 42.6 Å². The summed E-state index contributed by atoms with van der Waals surface area (Å²) in [6, 6.07) is 11.8. The second kappa shape index (κ2) is 8.07. The summed E-state index contributed by atoms with van der Waals surface area (Å²) in [6.07, 6.45) is 4.89. The van der Waals surface area contributed by atoms with E-state index in [4.69, 9.17) is 4.74 Å². The van der Waals surface area contributed by atoms with Crippen molar-refractivity contribution in [3.8, 4) is 5.75 Å². The van der Waals surface area contributed by atoms with E-state index in [-0.39, 0.29) is 11.9 Å². The number of benzene rings is 1. The molecule has 1 aromatic carbocycles. The van der Waals surface area contributed by atoms with E-state index < -0.39 is 0 Å². The largest absolute Gasteiger partial charge is 0.497 e. The highest BCUT2D eigenvalue weighted by Gasteiger charge is 2.27. The van der Waals surface area contributed by atoms with Gasteiger partial charge in [0.05, 0.1) is 18.4 Å². The molecule has 1 fully saturated rings. The molecule has 2 aromatic heterocycles. The Morgan fingerprint density at radius 2 is 2.10 bits per heavy atom. The fourth-order valence-electron chi connectivity index (χ4n) is 3.87. The first-order valence-corrected chi connectivity index (χ1v) is 10.0. The molecule has 0 saturated carbocycles. The topological polar surface area (TPSA) is 67.3 Å². The number of methoxy groups -OCH3 is 1. The van der Waals surface area contributed by atoms with Gasteiger partial charge < -0.3 is 15.0 Å². The fraction of sp³-hybridized carbons (Fsp3) is 0.348. The summed E-state index contributed by atoms with van der Waals surface area (Å²) in [5, 5.41) is 4.26. The van der Waals surface area contributed by atoms with E-state index in [1.54, 1.807) is 13.3 Å². The zero-order valence-corrected chi connectivity index (χ0v) is 17.1. The second-order valence-corrected chi connectivity index (χ2v) is 7.57. The summed E-state index contributed by atoms with van der Waals surface area (Å²) in [5.74, 6) is 0.762. The van der Waals surface area contributed by atoms with E-state index in [1.165, 1.54) is 6.42 Å². The number of hydrogen-bond donors (Lipinski definition) is 1. The number of hydrogen-bond acceptors (Lipinski definition) is 5. The third-order valence-corrected chi connectivity index (χ3v) is 5.50. The Bertz CT molecular complexity index is 1050.